The van der Waals surface area contributed by atoms with Gasteiger partial charge in [0.15, 0.2) is 0 Å². The summed E-state index contributed by atoms with van der Waals surface area (Å²) in [4.78, 5) is 2.43. The third kappa shape index (κ3) is 3.25. The van der Waals surface area contributed by atoms with Crippen molar-refractivity contribution in [3.05, 3.63) is 33.8 Å². The Hall–Kier alpha value is -0.280. The highest BCUT2D eigenvalue weighted by Crippen LogP contribution is 2.36. The molecule has 1 aromatic rings. The lowest BCUT2D eigenvalue weighted by atomic mass is 9.87. The summed E-state index contributed by atoms with van der Waals surface area (Å²) in [5, 5.41) is 1.43. The summed E-state index contributed by atoms with van der Waals surface area (Å²) in [6.07, 6.45) is 1.21. The molecule has 1 aliphatic rings. The maximum atomic E-state index is 6.32. The number of hydrogen-bond donors (Lipinski definition) is 1. The van der Waals surface area contributed by atoms with Crippen molar-refractivity contribution in [2.24, 2.45) is 17.6 Å². The molecule has 1 heterocycles. The van der Waals surface area contributed by atoms with Crippen molar-refractivity contribution in [2.75, 3.05) is 19.6 Å². The maximum Gasteiger partial charge on any atom is 0.0500 e. The van der Waals surface area contributed by atoms with E-state index in [4.69, 9.17) is 28.9 Å². The predicted octanol–water partition coefficient (Wildman–Crippen LogP) is 3.97. The Balaban J connectivity index is 2.25. The number of rotatable bonds is 3. The number of nitrogens with zero attached hydrogens (tertiary/aromatic N) is 1. The number of benzene rings is 1. The van der Waals surface area contributed by atoms with Gasteiger partial charge in [-0.25, -0.2) is 0 Å². The largest absolute Gasteiger partial charge is 0.329 e. The van der Waals surface area contributed by atoms with E-state index in [1.165, 1.54) is 6.42 Å². The molecule has 2 N–H and O–H groups in total. The molecule has 0 bridgehead atoms. The van der Waals surface area contributed by atoms with Gasteiger partial charge in [-0.1, -0.05) is 43.1 Å². The summed E-state index contributed by atoms with van der Waals surface area (Å²) in [6.45, 7) is 7.30. The third-order valence-electron chi connectivity index (χ3n) is 4.36. The van der Waals surface area contributed by atoms with E-state index in [0.717, 1.165) is 24.6 Å². The van der Waals surface area contributed by atoms with Gasteiger partial charge in [0.25, 0.3) is 0 Å². The SMILES string of the molecule is CC1CCN(C(CN)c2c(Cl)cccc2Cl)CC1C. The van der Waals surface area contributed by atoms with Crippen molar-refractivity contribution >= 4 is 23.2 Å². The van der Waals surface area contributed by atoms with Crippen molar-refractivity contribution in [3.63, 3.8) is 0 Å². The van der Waals surface area contributed by atoms with E-state index in [9.17, 15) is 0 Å². The van der Waals surface area contributed by atoms with Gasteiger partial charge in [0.1, 0.15) is 0 Å². The lowest BCUT2D eigenvalue weighted by Crippen LogP contribution is -2.43. The smallest absolute Gasteiger partial charge is 0.0500 e. The van der Waals surface area contributed by atoms with E-state index in [2.05, 4.69) is 18.7 Å². The first-order valence-electron chi connectivity index (χ1n) is 6.92. The van der Waals surface area contributed by atoms with E-state index in [1.807, 2.05) is 18.2 Å². The van der Waals surface area contributed by atoms with E-state index in [1.54, 1.807) is 0 Å². The number of halogens is 2. The van der Waals surface area contributed by atoms with Crippen molar-refractivity contribution in [2.45, 2.75) is 26.3 Å². The van der Waals surface area contributed by atoms with Crippen LogP contribution in [0.15, 0.2) is 18.2 Å². The molecular formula is C15H22Cl2N2. The summed E-state index contributed by atoms with van der Waals surface area (Å²) in [5.41, 5.74) is 6.98. The fourth-order valence-electron chi connectivity index (χ4n) is 2.86. The first kappa shape index (κ1) is 15.1. The molecule has 1 aromatic carbocycles. The molecule has 3 unspecified atom stereocenters. The molecule has 3 atom stereocenters. The first-order valence-corrected chi connectivity index (χ1v) is 7.68. The van der Waals surface area contributed by atoms with Crippen LogP contribution in [0, 0.1) is 11.8 Å². The van der Waals surface area contributed by atoms with E-state index < -0.39 is 0 Å². The number of hydrogen-bond acceptors (Lipinski definition) is 2. The second-order valence-electron chi connectivity index (χ2n) is 5.63. The van der Waals surface area contributed by atoms with Gasteiger partial charge in [0, 0.05) is 34.7 Å². The minimum Gasteiger partial charge on any atom is -0.329 e. The number of likely N-dealkylation sites (tertiary alicyclic amines) is 1. The van der Waals surface area contributed by atoms with Crippen LogP contribution in [0.25, 0.3) is 0 Å². The molecule has 1 aliphatic heterocycles. The zero-order valence-electron chi connectivity index (χ0n) is 11.6. The molecule has 0 radical (unpaired) electrons. The molecule has 4 heteroatoms. The van der Waals surface area contributed by atoms with Crippen LogP contribution in [-0.4, -0.2) is 24.5 Å². The van der Waals surface area contributed by atoms with Crippen molar-refractivity contribution in [1.29, 1.82) is 0 Å². The molecule has 0 amide bonds. The Morgan fingerprint density at radius 1 is 1.26 bits per heavy atom. The second-order valence-corrected chi connectivity index (χ2v) is 6.44. The van der Waals surface area contributed by atoms with Crippen LogP contribution >= 0.6 is 23.2 Å². The van der Waals surface area contributed by atoms with Gasteiger partial charge in [-0.05, 0) is 36.9 Å². The molecule has 1 saturated heterocycles. The highest BCUT2D eigenvalue weighted by atomic mass is 35.5. The van der Waals surface area contributed by atoms with E-state index in [0.29, 0.717) is 22.5 Å². The fraction of sp³-hybridized carbons (Fsp3) is 0.600. The standard InChI is InChI=1S/C15H22Cl2N2/c1-10-6-7-19(9-11(10)2)14(8-18)15-12(16)4-3-5-13(15)17/h3-5,10-11,14H,6-9,18H2,1-2H3. The van der Waals surface area contributed by atoms with E-state index >= 15 is 0 Å². The van der Waals surface area contributed by atoms with Gasteiger partial charge in [0.05, 0.1) is 0 Å². The maximum absolute atomic E-state index is 6.32. The number of nitrogens with two attached hydrogens (primary N) is 1. The predicted molar refractivity (Wildman–Crippen MR) is 82.8 cm³/mol. The van der Waals surface area contributed by atoms with Crippen LogP contribution in [0.5, 0.6) is 0 Å². The molecule has 0 aromatic heterocycles. The average Bonchev–Trinajstić information content (AvgIpc) is 2.37. The summed E-state index contributed by atoms with van der Waals surface area (Å²) >= 11 is 12.6. The van der Waals surface area contributed by atoms with Crippen molar-refractivity contribution in [3.8, 4) is 0 Å². The highest BCUT2D eigenvalue weighted by Gasteiger charge is 2.29. The first-order chi connectivity index (χ1) is 9.04. The zero-order chi connectivity index (χ0) is 14.0. The van der Waals surface area contributed by atoms with Gasteiger partial charge in [-0.3, -0.25) is 4.90 Å². The minimum absolute atomic E-state index is 0.121. The van der Waals surface area contributed by atoms with Crippen molar-refractivity contribution < 1.29 is 0 Å². The lowest BCUT2D eigenvalue weighted by Gasteiger charge is -2.40. The van der Waals surface area contributed by atoms with E-state index in [-0.39, 0.29) is 6.04 Å². The molecule has 19 heavy (non-hydrogen) atoms. The average molecular weight is 301 g/mol. The monoisotopic (exact) mass is 300 g/mol. The lowest BCUT2D eigenvalue weighted by molar-refractivity contribution is 0.0984. The Labute approximate surface area is 125 Å². The minimum atomic E-state index is 0.121. The van der Waals surface area contributed by atoms with Crippen LogP contribution in [0.4, 0.5) is 0 Å². The molecule has 0 saturated carbocycles. The molecule has 2 nitrogen and oxygen atoms in total. The zero-order valence-corrected chi connectivity index (χ0v) is 13.1. The Morgan fingerprint density at radius 3 is 2.42 bits per heavy atom. The fourth-order valence-corrected chi connectivity index (χ4v) is 3.51. The van der Waals surface area contributed by atoms with Crippen LogP contribution in [0.2, 0.25) is 10.0 Å². The summed E-state index contributed by atoms with van der Waals surface area (Å²) in [6, 6.07) is 5.78. The topological polar surface area (TPSA) is 29.3 Å². The highest BCUT2D eigenvalue weighted by molar-refractivity contribution is 6.36. The third-order valence-corrected chi connectivity index (χ3v) is 5.02. The van der Waals surface area contributed by atoms with Crippen LogP contribution in [0.3, 0.4) is 0 Å². The van der Waals surface area contributed by atoms with Gasteiger partial charge in [-0.2, -0.15) is 0 Å². The molecule has 106 valence electrons. The normalized spacial score (nSPS) is 26.4. The van der Waals surface area contributed by atoms with Crippen LogP contribution < -0.4 is 5.73 Å². The molecule has 0 aliphatic carbocycles. The Kier molecular flexibility index (Phi) is 5.13. The summed E-state index contributed by atoms with van der Waals surface area (Å²) < 4.78 is 0. The Bertz CT molecular complexity index is 416. The van der Waals surface area contributed by atoms with Gasteiger partial charge < -0.3 is 5.73 Å². The van der Waals surface area contributed by atoms with Gasteiger partial charge in [0.2, 0.25) is 0 Å². The van der Waals surface area contributed by atoms with Crippen LogP contribution in [0.1, 0.15) is 31.9 Å². The van der Waals surface area contributed by atoms with Gasteiger partial charge >= 0.3 is 0 Å². The molecule has 0 spiro atoms. The van der Waals surface area contributed by atoms with Crippen LogP contribution in [-0.2, 0) is 0 Å². The Morgan fingerprint density at radius 2 is 1.89 bits per heavy atom. The molecule has 1 fully saturated rings. The second kappa shape index (κ2) is 6.45. The van der Waals surface area contributed by atoms with Crippen molar-refractivity contribution in [1.82, 2.24) is 4.90 Å². The summed E-state index contributed by atoms with van der Waals surface area (Å²) in [5.74, 6) is 1.46. The molecular weight excluding hydrogens is 279 g/mol. The van der Waals surface area contributed by atoms with Gasteiger partial charge in [-0.15, -0.1) is 0 Å². The molecule has 2 rings (SSSR count). The summed E-state index contributed by atoms with van der Waals surface area (Å²) in [7, 11) is 0. The quantitative estimate of drug-likeness (QED) is 0.915. The number of piperidine rings is 1.